The van der Waals surface area contributed by atoms with Gasteiger partial charge in [-0.25, -0.2) is 0 Å². The molecule has 1 atom stereocenters. The molecule has 0 saturated carbocycles. The lowest BCUT2D eigenvalue weighted by atomic mass is 10.7. The van der Waals surface area contributed by atoms with Gasteiger partial charge in [-0.15, -0.1) is 6.58 Å². The second-order valence-corrected chi connectivity index (χ2v) is 5.04. The van der Waals surface area contributed by atoms with E-state index >= 15 is 0 Å². The minimum absolute atomic E-state index is 0.213. The van der Waals surface area contributed by atoms with Crippen molar-refractivity contribution in [2.24, 2.45) is 0 Å². The summed E-state index contributed by atoms with van der Waals surface area (Å²) in [7, 11) is 0. The third-order valence-corrected chi connectivity index (χ3v) is 1.35. The molecule has 1 nitrogen and oxygen atoms in total. The van der Waals surface area contributed by atoms with E-state index in [-0.39, 0.29) is 6.61 Å². The molecular formula is C4H8FOPS. The van der Waals surface area contributed by atoms with Gasteiger partial charge in [-0.2, -0.15) is 4.20 Å². The van der Waals surface area contributed by atoms with E-state index in [0.29, 0.717) is 0 Å². The van der Waals surface area contributed by atoms with Gasteiger partial charge < -0.3 is 4.52 Å². The highest BCUT2D eigenvalue weighted by molar-refractivity contribution is 8.09. The monoisotopic (exact) mass is 154 g/mol. The molecule has 0 bridgehead atoms. The van der Waals surface area contributed by atoms with E-state index in [1.807, 2.05) is 0 Å². The molecule has 0 aromatic rings. The van der Waals surface area contributed by atoms with Crippen molar-refractivity contribution in [3.8, 4) is 0 Å². The molecule has 0 heterocycles. The topological polar surface area (TPSA) is 9.23 Å². The van der Waals surface area contributed by atoms with Crippen LogP contribution >= 0.6 is 6.58 Å². The van der Waals surface area contributed by atoms with Crippen LogP contribution in [-0.4, -0.2) is 13.3 Å². The molecule has 1 unspecified atom stereocenters. The largest absolute Gasteiger partial charge is 0.322 e. The molecule has 0 spiro atoms. The van der Waals surface area contributed by atoms with Gasteiger partial charge in [0.05, 0.1) is 6.61 Å². The molecule has 0 N–H and O–H groups in total. The summed E-state index contributed by atoms with van der Waals surface area (Å²) >= 11 is 4.32. The summed E-state index contributed by atoms with van der Waals surface area (Å²) < 4.78 is 16.8. The highest BCUT2D eigenvalue weighted by Gasteiger charge is 2.03. The first kappa shape index (κ1) is 8.28. The van der Waals surface area contributed by atoms with Crippen molar-refractivity contribution < 1.29 is 8.72 Å². The van der Waals surface area contributed by atoms with Crippen LogP contribution in [0.5, 0.6) is 0 Å². The molecule has 0 aliphatic heterocycles. The summed E-state index contributed by atoms with van der Waals surface area (Å²) in [6.45, 7) is 1.92. The van der Waals surface area contributed by atoms with Gasteiger partial charge in [0.1, 0.15) is 0 Å². The van der Waals surface area contributed by atoms with E-state index in [1.54, 1.807) is 0 Å². The van der Waals surface area contributed by atoms with Gasteiger partial charge in [-0.3, -0.25) is 0 Å². The fourth-order valence-corrected chi connectivity index (χ4v) is 0.740. The quantitative estimate of drug-likeness (QED) is 0.454. The molecule has 0 saturated heterocycles. The van der Waals surface area contributed by atoms with Gasteiger partial charge in [-0.05, 0) is 11.8 Å². The molecule has 4 heteroatoms. The van der Waals surface area contributed by atoms with Crippen LogP contribution in [0.3, 0.4) is 0 Å². The van der Waals surface area contributed by atoms with Crippen molar-refractivity contribution in [3.63, 3.8) is 0 Å². The van der Waals surface area contributed by atoms with Crippen molar-refractivity contribution in [2.45, 2.75) is 0 Å². The first-order valence-corrected chi connectivity index (χ1v) is 5.14. The molecule has 0 fully saturated rings. The first-order valence-electron chi connectivity index (χ1n) is 2.09. The zero-order chi connectivity index (χ0) is 6.62. The Bertz CT molecular complexity index is 119. The highest BCUT2D eigenvalue weighted by atomic mass is 32.5. The number of hydrogen-bond donors (Lipinski definition) is 0. The van der Waals surface area contributed by atoms with Crippen molar-refractivity contribution in [1.82, 2.24) is 0 Å². The Kier molecular flexibility index (Phi) is 3.45. The number of halogens is 1. The Morgan fingerprint density at radius 2 is 2.50 bits per heavy atom. The van der Waals surface area contributed by atoms with E-state index in [0.717, 1.165) is 0 Å². The zero-order valence-corrected chi connectivity index (χ0v) is 6.34. The average molecular weight is 154 g/mol. The summed E-state index contributed by atoms with van der Waals surface area (Å²) in [5, 5.41) is 0. The minimum atomic E-state index is -2.92. The molecule has 0 rings (SSSR count). The summed E-state index contributed by atoms with van der Waals surface area (Å²) in [6.07, 6.45) is 1.48. The molecule has 0 amide bonds. The minimum Gasteiger partial charge on any atom is -0.322 e. The molecule has 0 aromatic heterocycles. The van der Waals surface area contributed by atoms with Gasteiger partial charge in [0, 0.05) is 6.66 Å². The lowest BCUT2D eigenvalue weighted by molar-refractivity contribution is 0.381. The van der Waals surface area contributed by atoms with Crippen molar-refractivity contribution in [2.75, 3.05) is 13.3 Å². The normalized spacial score (nSPS) is 17.2. The summed E-state index contributed by atoms with van der Waals surface area (Å²) in [5.74, 6) is 0. The molecule has 0 radical (unpaired) electrons. The van der Waals surface area contributed by atoms with Crippen LogP contribution in [-0.2, 0) is 16.3 Å². The summed E-state index contributed by atoms with van der Waals surface area (Å²) in [5.41, 5.74) is 0. The molecule has 0 aliphatic carbocycles. The SMILES string of the molecule is C=CCOP(C)(F)=S. The van der Waals surface area contributed by atoms with Crippen LogP contribution in [0.15, 0.2) is 12.7 Å². The van der Waals surface area contributed by atoms with E-state index in [2.05, 4.69) is 22.9 Å². The Hall–Kier alpha value is 0.280. The van der Waals surface area contributed by atoms with Crippen molar-refractivity contribution in [3.05, 3.63) is 12.7 Å². The Balaban J connectivity index is 3.40. The van der Waals surface area contributed by atoms with Crippen LogP contribution in [0.4, 0.5) is 4.20 Å². The lowest BCUT2D eigenvalue weighted by Crippen LogP contribution is -1.81. The van der Waals surface area contributed by atoms with Crippen LogP contribution in [0, 0.1) is 0 Å². The first-order chi connectivity index (χ1) is 3.56. The standard InChI is InChI=1S/C4H8FOPS/c1-3-4-6-7(2,5)8/h3H,1,4H2,2H3. The third kappa shape index (κ3) is 6.28. The number of rotatable bonds is 3. The van der Waals surface area contributed by atoms with E-state index in [1.165, 1.54) is 12.7 Å². The smallest absolute Gasteiger partial charge is 0.229 e. The van der Waals surface area contributed by atoms with Crippen molar-refractivity contribution >= 4 is 18.4 Å². The van der Waals surface area contributed by atoms with E-state index < -0.39 is 6.58 Å². The highest BCUT2D eigenvalue weighted by Crippen LogP contribution is 2.44. The lowest BCUT2D eigenvalue weighted by Gasteiger charge is -2.02. The predicted molar refractivity (Wildman–Crippen MR) is 37.5 cm³/mol. The molecule has 8 heavy (non-hydrogen) atoms. The van der Waals surface area contributed by atoms with Crippen molar-refractivity contribution in [1.29, 1.82) is 0 Å². The molecule has 48 valence electrons. The maximum Gasteiger partial charge on any atom is 0.229 e. The van der Waals surface area contributed by atoms with Crippen LogP contribution < -0.4 is 0 Å². The van der Waals surface area contributed by atoms with Gasteiger partial charge in [0.25, 0.3) is 0 Å². The van der Waals surface area contributed by atoms with Gasteiger partial charge >= 0.3 is 0 Å². The van der Waals surface area contributed by atoms with E-state index in [9.17, 15) is 4.20 Å². The van der Waals surface area contributed by atoms with Gasteiger partial charge in [0.2, 0.25) is 6.58 Å². The average Bonchev–Trinajstić information content (AvgIpc) is 1.59. The molecular weight excluding hydrogens is 146 g/mol. The third-order valence-electron chi connectivity index (χ3n) is 0.423. The fraction of sp³-hybridized carbons (Fsp3) is 0.500. The summed E-state index contributed by atoms with van der Waals surface area (Å²) in [4.78, 5) is 0. The maximum atomic E-state index is 12.2. The second kappa shape index (κ2) is 3.33. The predicted octanol–water partition coefficient (Wildman–Crippen LogP) is 2.10. The summed E-state index contributed by atoms with van der Waals surface area (Å²) in [6, 6.07) is 0. The Morgan fingerprint density at radius 3 is 2.62 bits per heavy atom. The van der Waals surface area contributed by atoms with E-state index in [4.69, 9.17) is 0 Å². The maximum absolute atomic E-state index is 12.2. The Labute approximate surface area is 53.8 Å². The molecule has 0 aliphatic rings. The second-order valence-electron chi connectivity index (χ2n) is 1.33. The van der Waals surface area contributed by atoms with Crippen LogP contribution in [0.25, 0.3) is 0 Å². The Morgan fingerprint density at radius 1 is 2.00 bits per heavy atom. The fourth-order valence-electron chi connectivity index (χ4n) is 0.186. The van der Waals surface area contributed by atoms with Crippen LogP contribution in [0.2, 0.25) is 0 Å². The van der Waals surface area contributed by atoms with Gasteiger partial charge in [0.15, 0.2) is 0 Å². The zero-order valence-electron chi connectivity index (χ0n) is 4.63. The van der Waals surface area contributed by atoms with Crippen LogP contribution in [0.1, 0.15) is 0 Å². The number of hydrogen-bond acceptors (Lipinski definition) is 2. The van der Waals surface area contributed by atoms with Gasteiger partial charge in [-0.1, -0.05) is 6.08 Å². The molecule has 0 aromatic carbocycles.